The van der Waals surface area contributed by atoms with Gasteiger partial charge in [0.15, 0.2) is 0 Å². The molecule has 0 aliphatic heterocycles. The van der Waals surface area contributed by atoms with E-state index >= 15 is 0 Å². The van der Waals surface area contributed by atoms with Crippen molar-refractivity contribution in [3.05, 3.63) is 34.3 Å². The van der Waals surface area contributed by atoms with Crippen LogP contribution in [0.1, 0.15) is 19.4 Å². The third kappa shape index (κ3) is 3.06. The third-order valence-corrected chi connectivity index (χ3v) is 1.92. The molecule has 0 N–H and O–H groups in total. The lowest BCUT2D eigenvalue weighted by Gasteiger charge is -2.03. The van der Waals surface area contributed by atoms with Crippen LogP contribution in [-0.2, 0) is 6.42 Å². The summed E-state index contributed by atoms with van der Waals surface area (Å²) in [5.41, 5.74) is 1.36. The Labute approximate surface area is 76.8 Å². The van der Waals surface area contributed by atoms with Crippen LogP contribution in [0, 0.1) is 12.0 Å². The molecule has 0 saturated carbocycles. The summed E-state index contributed by atoms with van der Waals surface area (Å²) < 4.78 is 1.12. The lowest BCUT2D eigenvalue weighted by atomic mass is 10.0. The second-order valence-electron chi connectivity index (χ2n) is 3.16. The minimum Gasteiger partial charge on any atom is -0.0625 e. The van der Waals surface area contributed by atoms with Gasteiger partial charge in [0.25, 0.3) is 0 Å². The van der Waals surface area contributed by atoms with Crippen molar-refractivity contribution in [1.82, 2.24) is 0 Å². The summed E-state index contributed by atoms with van der Waals surface area (Å²) in [6, 6.07) is 9.22. The normalized spacial score (nSPS) is 10.5. The van der Waals surface area contributed by atoms with E-state index in [1.54, 1.807) is 0 Å². The van der Waals surface area contributed by atoms with Crippen molar-refractivity contribution >= 4 is 15.9 Å². The molecule has 1 rings (SSSR count). The van der Waals surface area contributed by atoms with Crippen LogP contribution in [0.5, 0.6) is 0 Å². The first-order valence-electron chi connectivity index (χ1n) is 3.84. The van der Waals surface area contributed by atoms with E-state index in [2.05, 4.69) is 41.9 Å². The maximum Gasteiger partial charge on any atom is 0.0184 e. The maximum absolute atomic E-state index is 3.42. The van der Waals surface area contributed by atoms with Crippen molar-refractivity contribution < 1.29 is 0 Å². The third-order valence-electron chi connectivity index (χ3n) is 1.46. The van der Waals surface area contributed by atoms with Crippen molar-refractivity contribution in [2.45, 2.75) is 20.3 Å². The van der Waals surface area contributed by atoms with Gasteiger partial charge >= 0.3 is 0 Å². The summed E-state index contributed by atoms with van der Waals surface area (Å²) in [7, 11) is 0. The fourth-order valence-electron chi connectivity index (χ4n) is 1.08. The van der Waals surface area contributed by atoms with Crippen LogP contribution >= 0.6 is 15.9 Å². The Morgan fingerprint density at radius 2 is 2.18 bits per heavy atom. The topological polar surface area (TPSA) is 0 Å². The van der Waals surface area contributed by atoms with Gasteiger partial charge in [0.05, 0.1) is 0 Å². The highest BCUT2D eigenvalue weighted by Gasteiger charge is 1.96. The van der Waals surface area contributed by atoms with E-state index in [-0.39, 0.29) is 0 Å². The van der Waals surface area contributed by atoms with Crippen LogP contribution in [0.25, 0.3) is 0 Å². The summed E-state index contributed by atoms with van der Waals surface area (Å²) in [4.78, 5) is 0. The number of halogens is 1. The smallest absolute Gasteiger partial charge is 0.0184 e. The van der Waals surface area contributed by atoms with Gasteiger partial charge in [-0.3, -0.25) is 0 Å². The van der Waals surface area contributed by atoms with Gasteiger partial charge in [-0.2, -0.15) is 0 Å². The SMILES string of the molecule is CC(C)Cc1c[c]cc(Br)c1. The molecule has 59 valence electrons. The first kappa shape index (κ1) is 8.79. The molecule has 0 aromatic heterocycles. The van der Waals surface area contributed by atoms with Gasteiger partial charge in [-0.05, 0) is 36.1 Å². The van der Waals surface area contributed by atoms with Crippen molar-refractivity contribution in [3.8, 4) is 0 Å². The van der Waals surface area contributed by atoms with Crippen LogP contribution in [0.3, 0.4) is 0 Å². The molecule has 0 aliphatic carbocycles. The second-order valence-corrected chi connectivity index (χ2v) is 4.07. The molecule has 1 aromatic rings. The van der Waals surface area contributed by atoms with Gasteiger partial charge in [0.2, 0.25) is 0 Å². The molecule has 0 bridgehead atoms. The van der Waals surface area contributed by atoms with E-state index in [0.717, 1.165) is 16.8 Å². The highest BCUT2D eigenvalue weighted by molar-refractivity contribution is 9.10. The number of benzene rings is 1. The van der Waals surface area contributed by atoms with E-state index in [1.165, 1.54) is 5.56 Å². The van der Waals surface area contributed by atoms with Crippen molar-refractivity contribution in [3.63, 3.8) is 0 Å². The summed E-state index contributed by atoms with van der Waals surface area (Å²) in [5.74, 6) is 0.720. The number of hydrogen-bond acceptors (Lipinski definition) is 0. The Bertz CT molecular complexity index is 228. The largest absolute Gasteiger partial charge is 0.0625 e. The van der Waals surface area contributed by atoms with Gasteiger partial charge in [-0.1, -0.05) is 35.8 Å². The van der Waals surface area contributed by atoms with E-state index in [0.29, 0.717) is 0 Å². The zero-order chi connectivity index (χ0) is 8.27. The summed E-state index contributed by atoms with van der Waals surface area (Å²) in [6.45, 7) is 4.45. The Kier molecular flexibility index (Phi) is 3.13. The molecule has 0 atom stereocenters. The predicted molar refractivity (Wildman–Crippen MR) is 51.5 cm³/mol. The number of hydrogen-bond donors (Lipinski definition) is 0. The van der Waals surface area contributed by atoms with Crippen LogP contribution in [0.2, 0.25) is 0 Å². The molecule has 0 saturated heterocycles. The zero-order valence-electron chi connectivity index (χ0n) is 6.89. The summed E-state index contributed by atoms with van der Waals surface area (Å²) in [6.07, 6.45) is 1.13. The van der Waals surface area contributed by atoms with Crippen LogP contribution in [-0.4, -0.2) is 0 Å². The minimum atomic E-state index is 0.720. The average molecular weight is 212 g/mol. The fraction of sp³-hybridized carbons (Fsp3) is 0.400. The van der Waals surface area contributed by atoms with E-state index in [1.807, 2.05) is 12.1 Å². The first-order valence-corrected chi connectivity index (χ1v) is 4.63. The van der Waals surface area contributed by atoms with Gasteiger partial charge in [0, 0.05) is 4.47 Å². The van der Waals surface area contributed by atoms with Crippen LogP contribution in [0.4, 0.5) is 0 Å². The molecule has 0 nitrogen and oxygen atoms in total. The number of rotatable bonds is 2. The molecule has 1 heteroatoms. The Balaban J connectivity index is 2.71. The molecule has 0 amide bonds. The van der Waals surface area contributed by atoms with Crippen LogP contribution in [0.15, 0.2) is 22.7 Å². The van der Waals surface area contributed by atoms with E-state index < -0.39 is 0 Å². The molecule has 0 fully saturated rings. The molecule has 0 heterocycles. The van der Waals surface area contributed by atoms with Crippen LogP contribution < -0.4 is 0 Å². The zero-order valence-corrected chi connectivity index (χ0v) is 8.48. The summed E-state index contributed by atoms with van der Waals surface area (Å²) >= 11 is 3.42. The maximum atomic E-state index is 3.42. The lowest BCUT2D eigenvalue weighted by Crippen LogP contribution is -1.93. The molecule has 11 heavy (non-hydrogen) atoms. The van der Waals surface area contributed by atoms with E-state index in [4.69, 9.17) is 0 Å². The molecule has 0 aliphatic rings. The minimum absolute atomic E-state index is 0.720. The Hall–Kier alpha value is -0.300. The Morgan fingerprint density at radius 1 is 1.45 bits per heavy atom. The van der Waals surface area contributed by atoms with Crippen molar-refractivity contribution in [2.24, 2.45) is 5.92 Å². The summed E-state index contributed by atoms with van der Waals surface area (Å²) in [5, 5.41) is 0. The predicted octanol–water partition coefficient (Wildman–Crippen LogP) is 3.45. The molecule has 0 spiro atoms. The van der Waals surface area contributed by atoms with Crippen molar-refractivity contribution in [1.29, 1.82) is 0 Å². The lowest BCUT2D eigenvalue weighted by molar-refractivity contribution is 0.647. The first-order chi connectivity index (χ1) is 5.18. The second kappa shape index (κ2) is 3.91. The monoisotopic (exact) mass is 211 g/mol. The molecular weight excluding hydrogens is 200 g/mol. The fourth-order valence-corrected chi connectivity index (χ4v) is 1.50. The molecule has 1 radical (unpaired) electrons. The quantitative estimate of drug-likeness (QED) is 0.704. The van der Waals surface area contributed by atoms with Gasteiger partial charge in [-0.15, -0.1) is 0 Å². The van der Waals surface area contributed by atoms with Gasteiger partial charge < -0.3 is 0 Å². The van der Waals surface area contributed by atoms with E-state index in [9.17, 15) is 0 Å². The Morgan fingerprint density at radius 3 is 2.73 bits per heavy atom. The standard InChI is InChI=1S/C10H12Br/c1-8(2)6-9-4-3-5-10(11)7-9/h4-5,7-8H,6H2,1-2H3. The molecule has 1 aromatic carbocycles. The van der Waals surface area contributed by atoms with Gasteiger partial charge in [-0.25, -0.2) is 0 Å². The molecule has 0 unspecified atom stereocenters. The van der Waals surface area contributed by atoms with Crippen molar-refractivity contribution in [2.75, 3.05) is 0 Å². The van der Waals surface area contributed by atoms with Gasteiger partial charge in [0.1, 0.15) is 0 Å². The molecular formula is C10H12Br. The highest BCUT2D eigenvalue weighted by atomic mass is 79.9. The average Bonchev–Trinajstić information content (AvgIpc) is 1.85. The highest BCUT2D eigenvalue weighted by Crippen LogP contribution is 2.14.